The maximum absolute atomic E-state index is 12.1. The van der Waals surface area contributed by atoms with E-state index in [4.69, 9.17) is 0 Å². The highest BCUT2D eigenvalue weighted by molar-refractivity contribution is 5.98. The molecule has 0 saturated heterocycles. The summed E-state index contributed by atoms with van der Waals surface area (Å²) in [5.74, 6) is 0.350. The van der Waals surface area contributed by atoms with Crippen molar-refractivity contribution in [2.75, 3.05) is 6.61 Å². The van der Waals surface area contributed by atoms with Crippen LogP contribution in [0.5, 0.6) is 0 Å². The van der Waals surface area contributed by atoms with Crippen LogP contribution in [0.15, 0.2) is 11.1 Å². The van der Waals surface area contributed by atoms with Crippen molar-refractivity contribution in [3.8, 4) is 0 Å². The maximum Gasteiger partial charge on any atom is 0.158 e. The van der Waals surface area contributed by atoms with Crippen LogP contribution in [-0.2, 0) is 9.59 Å². The van der Waals surface area contributed by atoms with Crippen LogP contribution in [0.3, 0.4) is 0 Å². The number of carbonyl (C=O) groups is 2. The van der Waals surface area contributed by atoms with Gasteiger partial charge in [-0.3, -0.25) is 9.59 Å². The standard InChI is InChI=1S/C15H22O3/c1-9-10(8-16)15(4)6-5-13(18)14(2,3)12(15)7-11(9)17/h12,16H,5-8H2,1-4H3. The first kappa shape index (κ1) is 13.5. The Bertz CT molecular complexity index is 445. The molecule has 0 spiro atoms. The first-order valence-corrected chi connectivity index (χ1v) is 6.62. The summed E-state index contributed by atoms with van der Waals surface area (Å²) in [7, 11) is 0. The van der Waals surface area contributed by atoms with Gasteiger partial charge in [0.2, 0.25) is 0 Å². The van der Waals surface area contributed by atoms with E-state index in [1.165, 1.54) is 0 Å². The molecular formula is C15H22O3. The number of ketones is 2. The highest BCUT2D eigenvalue weighted by Crippen LogP contribution is 2.57. The lowest BCUT2D eigenvalue weighted by Crippen LogP contribution is -2.52. The molecule has 2 rings (SSSR count). The van der Waals surface area contributed by atoms with Gasteiger partial charge in [0.1, 0.15) is 5.78 Å². The zero-order valence-electron chi connectivity index (χ0n) is 11.7. The van der Waals surface area contributed by atoms with Crippen LogP contribution in [0.4, 0.5) is 0 Å². The quantitative estimate of drug-likeness (QED) is 0.776. The average Bonchev–Trinajstić information content (AvgIpc) is 2.30. The van der Waals surface area contributed by atoms with Gasteiger partial charge in [-0.1, -0.05) is 20.8 Å². The fourth-order valence-electron chi connectivity index (χ4n) is 3.94. The highest BCUT2D eigenvalue weighted by atomic mass is 16.3. The number of hydrogen-bond donors (Lipinski definition) is 1. The molecule has 0 aromatic rings. The molecule has 1 N–H and O–H groups in total. The topological polar surface area (TPSA) is 54.4 Å². The minimum absolute atomic E-state index is 0.0181. The summed E-state index contributed by atoms with van der Waals surface area (Å²) < 4.78 is 0. The van der Waals surface area contributed by atoms with E-state index >= 15 is 0 Å². The second-order valence-electron chi connectivity index (χ2n) is 6.50. The Balaban J connectivity index is 2.57. The first-order valence-electron chi connectivity index (χ1n) is 6.62. The molecule has 2 aliphatic rings. The Hall–Kier alpha value is -0.960. The molecule has 0 aromatic heterocycles. The summed E-state index contributed by atoms with van der Waals surface area (Å²) in [6.07, 6.45) is 1.73. The third kappa shape index (κ3) is 1.60. The molecule has 0 heterocycles. The van der Waals surface area contributed by atoms with Crippen LogP contribution < -0.4 is 0 Å². The monoisotopic (exact) mass is 250 g/mol. The minimum atomic E-state index is -0.468. The van der Waals surface area contributed by atoms with Crippen molar-refractivity contribution in [1.82, 2.24) is 0 Å². The lowest BCUT2D eigenvalue weighted by molar-refractivity contribution is -0.141. The van der Waals surface area contributed by atoms with Gasteiger partial charge in [0, 0.05) is 18.3 Å². The van der Waals surface area contributed by atoms with Crippen LogP contribution in [0, 0.1) is 16.7 Å². The van der Waals surface area contributed by atoms with Gasteiger partial charge in [-0.25, -0.2) is 0 Å². The Labute approximate surface area is 108 Å². The van der Waals surface area contributed by atoms with E-state index in [-0.39, 0.29) is 29.5 Å². The van der Waals surface area contributed by atoms with E-state index in [2.05, 4.69) is 6.92 Å². The van der Waals surface area contributed by atoms with E-state index in [1.54, 1.807) is 6.92 Å². The molecule has 3 heteroatoms. The Kier molecular flexibility index (Phi) is 3.01. The van der Waals surface area contributed by atoms with Gasteiger partial charge in [-0.05, 0) is 35.8 Å². The Morgan fingerprint density at radius 2 is 1.89 bits per heavy atom. The second-order valence-corrected chi connectivity index (χ2v) is 6.50. The normalized spacial score (nSPS) is 35.7. The van der Waals surface area contributed by atoms with Crippen molar-refractivity contribution in [2.24, 2.45) is 16.7 Å². The van der Waals surface area contributed by atoms with E-state index in [0.29, 0.717) is 18.4 Å². The molecular weight excluding hydrogens is 228 g/mol. The number of aliphatic hydroxyl groups is 1. The predicted octanol–water partition coefficient (Wildman–Crippen LogP) is 2.28. The fourth-order valence-corrected chi connectivity index (χ4v) is 3.94. The van der Waals surface area contributed by atoms with Crippen molar-refractivity contribution < 1.29 is 14.7 Å². The second kappa shape index (κ2) is 4.02. The van der Waals surface area contributed by atoms with Crippen molar-refractivity contribution >= 4 is 11.6 Å². The van der Waals surface area contributed by atoms with Gasteiger partial charge in [0.05, 0.1) is 6.61 Å². The smallest absolute Gasteiger partial charge is 0.158 e. The maximum atomic E-state index is 12.1. The predicted molar refractivity (Wildman–Crippen MR) is 69.0 cm³/mol. The van der Waals surface area contributed by atoms with Crippen LogP contribution in [0.2, 0.25) is 0 Å². The van der Waals surface area contributed by atoms with E-state index in [1.807, 2.05) is 13.8 Å². The van der Waals surface area contributed by atoms with Crippen molar-refractivity contribution in [3.05, 3.63) is 11.1 Å². The summed E-state index contributed by atoms with van der Waals surface area (Å²) in [5, 5.41) is 9.62. The molecule has 18 heavy (non-hydrogen) atoms. The molecule has 1 fully saturated rings. The number of aliphatic hydroxyl groups excluding tert-OH is 1. The summed E-state index contributed by atoms with van der Waals surface area (Å²) in [6.45, 7) is 7.72. The zero-order chi connectivity index (χ0) is 13.7. The van der Waals surface area contributed by atoms with E-state index < -0.39 is 5.41 Å². The molecule has 0 aliphatic heterocycles. The molecule has 2 unspecified atom stereocenters. The minimum Gasteiger partial charge on any atom is -0.392 e. The molecule has 0 radical (unpaired) electrons. The Morgan fingerprint density at radius 3 is 2.44 bits per heavy atom. The van der Waals surface area contributed by atoms with Gasteiger partial charge < -0.3 is 5.11 Å². The molecule has 2 atom stereocenters. The molecule has 2 aliphatic carbocycles. The largest absolute Gasteiger partial charge is 0.392 e. The third-order valence-electron chi connectivity index (χ3n) is 5.34. The van der Waals surface area contributed by atoms with Gasteiger partial charge in [-0.15, -0.1) is 0 Å². The highest BCUT2D eigenvalue weighted by Gasteiger charge is 2.55. The van der Waals surface area contributed by atoms with Crippen LogP contribution in [0.1, 0.15) is 47.0 Å². The number of fused-ring (bicyclic) bond motifs is 1. The molecule has 100 valence electrons. The first-order chi connectivity index (χ1) is 8.25. The van der Waals surface area contributed by atoms with E-state index in [9.17, 15) is 14.7 Å². The SMILES string of the molecule is CC1=C(CO)C2(C)CCC(=O)C(C)(C)C2CC1=O. The zero-order valence-corrected chi connectivity index (χ0v) is 11.7. The summed E-state index contributed by atoms with van der Waals surface area (Å²) >= 11 is 0. The third-order valence-corrected chi connectivity index (χ3v) is 5.34. The van der Waals surface area contributed by atoms with Crippen molar-refractivity contribution in [1.29, 1.82) is 0 Å². The van der Waals surface area contributed by atoms with Crippen molar-refractivity contribution in [2.45, 2.75) is 47.0 Å². The molecule has 1 saturated carbocycles. The average molecular weight is 250 g/mol. The van der Waals surface area contributed by atoms with Gasteiger partial charge in [0.15, 0.2) is 5.78 Å². The van der Waals surface area contributed by atoms with Crippen LogP contribution in [-0.4, -0.2) is 23.3 Å². The van der Waals surface area contributed by atoms with Gasteiger partial charge in [-0.2, -0.15) is 0 Å². The van der Waals surface area contributed by atoms with E-state index in [0.717, 1.165) is 12.0 Å². The number of allylic oxidation sites excluding steroid dienone is 1. The van der Waals surface area contributed by atoms with Crippen LogP contribution in [0.25, 0.3) is 0 Å². The molecule has 0 bridgehead atoms. The number of carbonyl (C=O) groups excluding carboxylic acids is 2. The number of hydrogen-bond acceptors (Lipinski definition) is 3. The molecule has 3 nitrogen and oxygen atoms in total. The van der Waals surface area contributed by atoms with Crippen molar-refractivity contribution in [3.63, 3.8) is 0 Å². The summed E-state index contributed by atoms with van der Waals surface area (Å²) in [4.78, 5) is 24.2. The summed E-state index contributed by atoms with van der Waals surface area (Å²) in [6, 6.07) is 0. The number of rotatable bonds is 1. The summed E-state index contributed by atoms with van der Waals surface area (Å²) in [5.41, 5.74) is 0.888. The molecule has 0 aromatic carbocycles. The lowest BCUT2D eigenvalue weighted by Gasteiger charge is -2.53. The molecule has 0 amide bonds. The van der Waals surface area contributed by atoms with Gasteiger partial charge in [0.25, 0.3) is 0 Å². The lowest BCUT2D eigenvalue weighted by atomic mass is 9.50. The van der Waals surface area contributed by atoms with Crippen LogP contribution >= 0.6 is 0 Å². The number of Topliss-reactive ketones (excluding diaryl/α,β-unsaturated/α-hetero) is 2. The fraction of sp³-hybridized carbons (Fsp3) is 0.733. The Morgan fingerprint density at radius 1 is 1.28 bits per heavy atom. The van der Waals surface area contributed by atoms with Gasteiger partial charge >= 0.3 is 0 Å².